The molecule has 5 aliphatic carbocycles. The summed E-state index contributed by atoms with van der Waals surface area (Å²) in [6.45, 7) is 16.1. The molecule has 0 spiro atoms. The Labute approximate surface area is 385 Å². The van der Waals surface area contributed by atoms with Crippen molar-refractivity contribution in [2.24, 2.45) is 50.2 Å². The van der Waals surface area contributed by atoms with E-state index in [1.807, 2.05) is 6.92 Å². The lowest BCUT2D eigenvalue weighted by Crippen LogP contribution is -2.68. The van der Waals surface area contributed by atoms with Crippen molar-refractivity contribution in [1.82, 2.24) is 0 Å². The second kappa shape index (κ2) is 17.4. The molecule has 7 fully saturated rings. The van der Waals surface area contributed by atoms with E-state index in [1.165, 1.54) is 12.5 Å². The first-order valence-corrected chi connectivity index (χ1v) is 24.0. The summed E-state index contributed by atoms with van der Waals surface area (Å²) in [7, 11) is 0. The number of carboxylic acids is 1. The number of fused-ring (bicyclic) bond motifs is 7. The van der Waals surface area contributed by atoms with Crippen LogP contribution in [0.5, 0.6) is 0 Å². The maximum absolute atomic E-state index is 13.8. The molecule has 3 saturated heterocycles. The molecule has 374 valence electrons. The lowest BCUT2D eigenvalue weighted by molar-refractivity contribution is -0.395. The van der Waals surface area contributed by atoms with Gasteiger partial charge in [0.15, 0.2) is 25.0 Å². The zero-order chi connectivity index (χ0) is 48.4. The number of rotatable bonds is 9. The van der Waals surface area contributed by atoms with Gasteiger partial charge in [0.1, 0.15) is 73.1 Å². The second-order valence-electron chi connectivity index (χ2n) is 23.2. The Morgan fingerprint density at radius 2 is 1.38 bits per heavy atom. The van der Waals surface area contributed by atoms with Gasteiger partial charge in [0.05, 0.1) is 24.2 Å². The van der Waals surface area contributed by atoms with Crippen molar-refractivity contribution >= 4 is 18.0 Å². The molecule has 0 aromatic rings. The fourth-order valence-electron chi connectivity index (χ4n) is 14.7. The number of Topliss-reactive ketones (excluding diaryl/α,β-unsaturated/α-hetero) is 1. The fourth-order valence-corrected chi connectivity index (χ4v) is 14.7. The molecular weight excluding hydrogens is 865 g/mol. The van der Waals surface area contributed by atoms with Gasteiger partial charge in [-0.05, 0) is 97.7 Å². The number of carbonyl (C=O) groups is 3. The van der Waals surface area contributed by atoms with Gasteiger partial charge >= 0.3 is 5.97 Å². The quantitative estimate of drug-likeness (QED) is 0.0890. The molecule has 24 atom stereocenters. The van der Waals surface area contributed by atoms with Gasteiger partial charge in [-0.15, -0.1) is 0 Å². The van der Waals surface area contributed by atoms with E-state index in [1.54, 1.807) is 0 Å². The topological polar surface area (TPSA) is 289 Å². The van der Waals surface area contributed by atoms with Gasteiger partial charge in [-0.1, -0.05) is 60.1 Å². The molecule has 66 heavy (non-hydrogen) atoms. The van der Waals surface area contributed by atoms with Gasteiger partial charge in [0.2, 0.25) is 0 Å². The Bertz CT molecular complexity index is 1900. The number of hydrogen-bond acceptors (Lipinski definition) is 17. The minimum atomic E-state index is -2.09. The highest BCUT2D eigenvalue weighted by atomic mass is 16.8. The van der Waals surface area contributed by atoms with E-state index in [4.69, 9.17) is 28.4 Å². The SMILES string of the molecule is C[C@@H]1O[C@@H](O[C@H]2[C@H](O[C@H]3[C@H](O[C@H]4CC[C@@]5(C)[C@H](CC[C@]6(C)[C@@H]5CC=C5[C@@H]7CC(C)(C)CC(=O)[C@]7(C)CC[C@]56C)[C@@]4(C)C=O)O[C@H](C(=O)O)[C@@H](O)[C@@H]3O)O[C@H](CO)[C@H](O)[C@@H]2O)[C@H](O)[C@H](O)[C@H]1O. The summed E-state index contributed by atoms with van der Waals surface area (Å²) in [6.07, 6.45) is -17.7. The summed E-state index contributed by atoms with van der Waals surface area (Å²) in [5, 5.41) is 96.5. The van der Waals surface area contributed by atoms with Crippen molar-refractivity contribution in [3.63, 3.8) is 0 Å². The molecule has 0 aromatic carbocycles. The lowest BCUT2D eigenvalue weighted by Gasteiger charge is -2.71. The van der Waals surface area contributed by atoms with Crippen LogP contribution in [0.25, 0.3) is 0 Å². The number of allylic oxidation sites excluding steroid dienone is 2. The largest absolute Gasteiger partial charge is 0.479 e. The minimum Gasteiger partial charge on any atom is -0.479 e. The Morgan fingerprint density at radius 3 is 2.02 bits per heavy atom. The van der Waals surface area contributed by atoms with Crippen molar-refractivity contribution in [3.05, 3.63) is 11.6 Å². The van der Waals surface area contributed by atoms with Gasteiger partial charge in [0.25, 0.3) is 0 Å². The molecule has 8 rings (SSSR count). The van der Waals surface area contributed by atoms with Gasteiger partial charge < -0.3 is 79.2 Å². The van der Waals surface area contributed by atoms with Crippen LogP contribution in [-0.2, 0) is 42.8 Å². The minimum absolute atomic E-state index is 0.0941. The predicted octanol–water partition coefficient (Wildman–Crippen LogP) is 1.12. The normalized spacial score (nSPS) is 54.8. The third-order valence-corrected chi connectivity index (χ3v) is 19.1. The predicted molar refractivity (Wildman–Crippen MR) is 229 cm³/mol. The highest BCUT2D eigenvalue weighted by Crippen LogP contribution is 2.75. The van der Waals surface area contributed by atoms with Crippen LogP contribution in [0.3, 0.4) is 0 Å². The van der Waals surface area contributed by atoms with E-state index < -0.39 is 116 Å². The van der Waals surface area contributed by atoms with Crippen LogP contribution in [-0.4, -0.2) is 169 Å². The van der Waals surface area contributed by atoms with E-state index in [0.717, 1.165) is 38.4 Å². The van der Waals surface area contributed by atoms with Crippen molar-refractivity contribution in [1.29, 1.82) is 0 Å². The third kappa shape index (κ3) is 7.62. The van der Waals surface area contributed by atoms with Crippen molar-refractivity contribution in [2.75, 3.05) is 6.61 Å². The van der Waals surface area contributed by atoms with Crippen LogP contribution in [0.4, 0.5) is 0 Å². The maximum atomic E-state index is 13.8. The Balaban J connectivity index is 1.08. The summed E-state index contributed by atoms with van der Waals surface area (Å²) in [5.41, 5.74) is -0.921. The van der Waals surface area contributed by atoms with Crippen LogP contribution in [0.1, 0.15) is 113 Å². The molecule has 4 saturated carbocycles. The molecule has 8 aliphatic rings. The maximum Gasteiger partial charge on any atom is 0.335 e. The average molecular weight is 939 g/mol. The first-order chi connectivity index (χ1) is 30.7. The molecule has 0 aromatic heterocycles. The first-order valence-electron chi connectivity index (χ1n) is 24.0. The van der Waals surface area contributed by atoms with Crippen LogP contribution in [0, 0.1) is 50.2 Å². The average Bonchev–Trinajstić information content (AvgIpc) is 3.25. The second-order valence-corrected chi connectivity index (χ2v) is 23.2. The van der Waals surface area contributed by atoms with Crippen LogP contribution >= 0.6 is 0 Å². The highest BCUT2D eigenvalue weighted by Gasteiger charge is 2.70. The van der Waals surface area contributed by atoms with E-state index in [0.29, 0.717) is 31.5 Å². The van der Waals surface area contributed by atoms with E-state index in [2.05, 4.69) is 47.6 Å². The molecule has 0 unspecified atom stereocenters. The zero-order valence-electron chi connectivity index (χ0n) is 39.4. The number of aliphatic hydroxyl groups is 8. The van der Waals surface area contributed by atoms with Crippen molar-refractivity contribution < 1.29 is 88.8 Å². The Hall–Kier alpha value is -2.01. The monoisotopic (exact) mass is 938 g/mol. The fraction of sp³-hybridized carbons (Fsp3) is 0.896. The third-order valence-electron chi connectivity index (χ3n) is 19.1. The van der Waals surface area contributed by atoms with Gasteiger partial charge in [-0.3, -0.25) is 4.79 Å². The number of carbonyl (C=O) groups excluding carboxylic acids is 2. The van der Waals surface area contributed by atoms with Gasteiger partial charge in [-0.25, -0.2) is 4.79 Å². The molecule has 3 heterocycles. The van der Waals surface area contributed by atoms with E-state index >= 15 is 0 Å². The molecule has 18 nitrogen and oxygen atoms in total. The molecular formula is C48H74O18. The number of aliphatic carboxylic acids is 1. The number of aliphatic hydroxyl groups excluding tert-OH is 8. The Morgan fingerprint density at radius 1 is 0.742 bits per heavy atom. The molecule has 9 N–H and O–H groups in total. The highest BCUT2D eigenvalue weighted by molar-refractivity contribution is 5.87. The lowest BCUT2D eigenvalue weighted by atomic mass is 9.33. The van der Waals surface area contributed by atoms with E-state index in [-0.39, 0.29) is 44.8 Å². The molecule has 3 aliphatic heterocycles. The number of carboxylic acid groups (broad SMARTS) is 1. The number of ketones is 1. The van der Waals surface area contributed by atoms with Crippen LogP contribution in [0.2, 0.25) is 0 Å². The summed E-state index contributed by atoms with van der Waals surface area (Å²) < 4.78 is 36.0. The first kappa shape index (κ1) is 50.4. The van der Waals surface area contributed by atoms with Gasteiger partial charge in [-0.2, -0.15) is 0 Å². The molecule has 18 heteroatoms. The number of ether oxygens (including phenoxy) is 6. The van der Waals surface area contributed by atoms with Gasteiger partial charge in [0, 0.05) is 11.8 Å². The standard InChI is InChI=1S/C48H74O18/c1-21-29(52)31(54)35(58)40(61-21)65-37-32(55)30(53)24(19-49)62-41(37)66-38-34(57)33(56)36(39(59)60)64-42(38)63-28-12-13-45(5)25(46(28,6)20-50)11-14-48(8)26(45)10-9-22-23-17-43(2,3)18-27(51)44(23,4)15-16-47(22,48)7/h9,20-21,23-26,28-38,40-42,49,52-58H,10-19H2,1-8H3,(H,59,60)/t21-,23-,24+,25-,26+,28-,29-,30-,31+,32-,33-,34-,35+,36-,37+,38+,40-,41-,42+,44+,45-,46+,47+,48+/m0/s1. The smallest absolute Gasteiger partial charge is 0.335 e. The number of hydrogen-bond donors (Lipinski definition) is 9. The van der Waals surface area contributed by atoms with Crippen LogP contribution in [0.15, 0.2) is 11.6 Å². The summed E-state index contributed by atoms with van der Waals surface area (Å²) in [4.78, 5) is 40.0. The van der Waals surface area contributed by atoms with Crippen molar-refractivity contribution in [3.8, 4) is 0 Å². The molecule has 0 bridgehead atoms. The Kier molecular flexibility index (Phi) is 13.3. The summed E-state index contributed by atoms with van der Waals surface area (Å²) in [6, 6.07) is 0. The number of aldehydes is 1. The van der Waals surface area contributed by atoms with Crippen molar-refractivity contribution in [2.45, 2.75) is 211 Å². The summed E-state index contributed by atoms with van der Waals surface area (Å²) >= 11 is 0. The molecule has 0 amide bonds. The van der Waals surface area contributed by atoms with E-state index in [9.17, 15) is 60.3 Å². The molecule has 0 radical (unpaired) electrons. The van der Waals surface area contributed by atoms with Crippen LogP contribution < -0.4 is 0 Å². The zero-order valence-corrected chi connectivity index (χ0v) is 39.4. The summed E-state index contributed by atoms with van der Waals surface area (Å²) in [5.74, 6) is -1.14.